The number of benzene rings is 2. The number of para-hydroxylation sites is 1. The lowest BCUT2D eigenvalue weighted by Crippen LogP contribution is -2.42. The van der Waals surface area contributed by atoms with Crippen molar-refractivity contribution in [1.82, 2.24) is 4.90 Å². The minimum atomic E-state index is -0.156. The molecule has 0 saturated carbocycles. The summed E-state index contributed by atoms with van der Waals surface area (Å²) in [7, 11) is 1.61. The fourth-order valence-electron chi connectivity index (χ4n) is 3.35. The van der Waals surface area contributed by atoms with Crippen LogP contribution in [0.2, 0.25) is 0 Å². The van der Waals surface area contributed by atoms with E-state index in [4.69, 9.17) is 10.00 Å². The zero-order chi connectivity index (χ0) is 19.9. The van der Waals surface area contributed by atoms with Crippen molar-refractivity contribution in [2.24, 2.45) is 5.92 Å². The van der Waals surface area contributed by atoms with Gasteiger partial charge in [0.2, 0.25) is 11.8 Å². The third-order valence-electron chi connectivity index (χ3n) is 5.04. The molecular weight excluding hydrogens is 354 g/mol. The van der Waals surface area contributed by atoms with Crippen LogP contribution in [-0.4, -0.2) is 36.9 Å². The highest BCUT2D eigenvalue weighted by molar-refractivity contribution is 5.94. The molecule has 0 aliphatic carbocycles. The molecule has 6 heteroatoms. The second-order valence-corrected chi connectivity index (χ2v) is 6.83. The van der Waals surface area contributed by atoms with Crippen molar-refractivity contribution in [1.29, 1.82) is 5.26 Å². The molecule has 2 aromatic rings. The summed E-state index contributed by atoms with van der Waals surface area (Å²) in [5.41, 5.74) is 1.93. The molecule has 1 aliphatic rings. The number of piperidine rings is 1. The molecule has 0 atom stereocenters. The van der Waals surface area contributed by atoms with Gasteiger partial charge in [0.25, 0.3) is 0 Å². The molecule has 1 fully saturated rings. The molecule has 0 aromatic heterocycles. The van der Waals surface area contributed by atoms with Crippen molar-refractivity contribution in [2.75, 3.05) is 25.5 Å². The van der Waals surface area contributed by atoms with Gasteiger partial charge in [0, 0.05) is 19.0 Å². The van der Waals surface area contributed by atoms with E-state index in [1.165, 1.54) is 0 Å². The van der Waals surface area contributed by atoms with Gasteiger partial charge in [-0.15, -0.1) is 0 Å². The second kappa shape index (κ2) is 9.05. The van der Waals surface area contributed by atoms with E-state index in [0.29, 0.717) is 43.6 Å². The van der Waals surface area contributed by atoms with Crippen molar-refractivity contribution in [3.8, 4) is 11.8 Å². The van der Waals surface area contributed by atoms with E-state index in [2.05, 4.69) is 11.4 Å². The van der Waals surface area contributed by atoms with Crippen LogP contribution >= 0.6 is 0 Å². The Kier molecular flexibility index (Phi) is 6.28. The number of hydrogen-bond donors (Lipinski definition) is 1. The summed E-state index contributed by atoms with van der Waals surface area (Å²) in [6, 6.07) is 16.5. The molecule has 1 heterocycles. The Bertz CT molecular complexity index is 879. The van der Waals surface area contributed by atoms with Gasteiger partial charge in [-0.2, -0.15) is 5.26 Å². The highest BCUT2D eigenvalue weighted by atomic mass is 16.5. The number of nitrogens with one attached hydrogen (secondary N) is 1. The average Bonchev–Trinajstić information content (AvgIpc) is 2.74. The summed E-state index contributed by atoms with van der Waals surface area (Å²) in [6.07, 6.45) is 1.58. The molecule has 1 aliphatic heterocycles. The molecule has 3 rings (SSSR count). The third-order valence-corrected chi connectivity index (χ3v) is 5.04. The standard InChI is InChI=1S/C22H23N3O3/c1-28-19-8-6-16(7-9-19)14-21(26)25-12-10-17(11-13-25)22(27)24-20-5-3-2-4-18(20)15-23/h2-9,17H,10-14H2,1H3,(H,24,27). The fraction of sp³-hybridized carbons (Fsp3) is 0.318. The fourth-order valence-corrected chi connectivity index (χ4v) is 3.35. The number of hydrogen-bond acceptors (Lipinski definition) is 4. The number of carbonyl (C=O) groups excluding carboxylic acids is 2. The van der Waals surface area contributed by atoms with Crippen LogP contribution in [-0.2, 0) is 16.0 Å². The maximum absolute atomic E-state index is 12.5. The number of amides is 2. The zero-order valence-electron chi connectivity index (χ0n) is 15.9. The van der Waals surface area contributed by atoms with Gasteiger partial charge in [0.15, 0.2) is 0 Å². The molecule has 6 nitrogen and oxygen atoms in total. The summed E-state index contributed by atoms with van der Waals surface area (Å²) < 4.78 is 5.13. The smallest absolute Gasteiger partial charge is 0.227 e. The summed E-state index contributed by atoms with van der Waals surface area (Å²) >= 11 is 0. The average molecular weight is 377 g/mol. The van der Waals surface area contributed by atoms with Crippen LogP contribution in [0.5, 0.6) is 5.75 Å². The van der Waals surface area contributed by atoms with E-state index in [1.54, 1.807) is 31.4 Å². The Morgan fingerprint density at radius 1 is 1.14 bits per heavy atom. The van der Waals surface area contributed by atoms with Crippen molar-refractivity contribution >= 4 is 17.5 Å². The third kappa shape index (κ3) is 4.68. The van der Waals surface area contributed by atoms with Crippen molar-refractivity contribution < 1.29 is 14.3 Å². The summed E-state index contributed by atoms with van der Waals surface area (Å²) in [6.45, 7) is 1.12. The van der Waals surface area contributed by atoms with E-state index >= 15 is 0 Å². The van der Waals surface area contributed by atoms with E-state index in [9.17, 15) is 9.59 Å². The minimum absolute atomic E-state index is 0.0684. The number of methoxy groups -OCH3 is 1. The second-order valence-electron chi connectivity index (χ2n) is 6.83. The van der Waals surface area contributed by atoms with Crippen LogP contribution in [0.15, 0.2) is 48.5 Å². The van der Waals surface area contributed by atoms with Gasteiger partial charge in [0.1, 0.15) is 11.8 Å². The lowest BCUT2D eigenvalue weighted by molar-refractivity contribution is -0.133. The first-order chi connectivity index (χ1) is 13.6. The van der Waals surface area contributed by atoms with E-state index in [1.807, 2.05) is 29.2 Å². The monoisotopic (exact) mass is 377 g/mol. The van der Waals surface area contributed by atoms with Crippen LogP contribution in [0.25, 0.3) is 0 Å². The van der Waals surface area contributed by atoms with Gasteiger partial charge in [-0.25, -0.2) is 0 Å². The van der Waals surface area contributed by atoms with Crippen LogP contribution in [0.4, 0.5) is 5.69 Å². The molecule has 1 saturated heterocycles. The molecule has 0 bridgehead atoms. The quantitative estimate of drug-likeness (QED) is 0.868. The van der Waals surface area contributed by atoms with Crippen molar-refractivity contribution in [2.45, 2.75) is 19.3 Å². The van der Waals surface area contributed by atoms with Crippen LogP contribution in [0.1, 0.15) is 24.0 Å². The highest BCUT2D eigenvalue weighted by Gasteiger charge is 2.27. The number of carbonyl (C=O) groups is 2. The van der Waals surface area contributed by atoms with Crippen LogP contribution < -0.4 is 10.1 Å². The molecule has 0 spiro atoms. The number of nitrogens with zero attached hydrogens (tertiary/aromatic N) is 2. The van der Waals surface area contributed by atoms with Gasteiger partial charge < -0.3 is 15.0 Å². The number of anilines is 1. The summed E-state index contributed by atoms with van der Waals surface area (Å²) in [5.74, 6) is 0.585. The predicted octanol–water partition coefficient (Wildman–Crippen LogP) is 2.99. The molecule has 28 heavy (non-hydrogen) atoms. The summed E-state index contributed by atoms with van der Waals surface area (Å²) in [5, 5.41) is 12.0. The number of rotatable bonds is 5. The normalized spacial score (nSPS) is 14.2. The Morgan fingerprint density at radius 3 is 2.46 bits per heavy atom. The molecule has 144 valence electrons. The van der Waals surface area contributed by atoms with Crippen LogP contribution in [0, 0.1) is 17.2 Å². The Hall–Kier alpha value is -3.33. The van der Waals surface area contributed by atoms with Crippen LogP contribution in [0.3, 0.4) is 0 Å². The Morgan fingerprint density at radius 2 is 1.82 bits per heavy atom. The molecular formula is C22H23N3O3. The van der Waals surface area contributed by atoms with Crippen molar-refractivity contribution in [3.05, 3.63) is 59.7 Å². The van der Waals surface area contributed by atoms with E-state index in [-0.39, 0.29) is 17.7 Å². The first-order valence-electron chi connectivity index (χ1n) is 9.31. The number of ether oxygens (including phenoxy) is 1. The van der Waals surface area contributed by atoms with E-state index < -0.39 is 0 Å². The molecule has 2 aromatic carbocycles. The van der Waals surface area contributed by atoms with Gasteiger partial charge >= 0.3 is 0 Å². The van der Waals surface area contributed by atoms with Gasteiger partial charge in [-0.1, -0.05) is 24.3 Å². The SMILES string of the molecule is COc1ccc(CC(=O)N2CCC(C(=O)Nc3ccccc3C#N)CC2)cc1. The van der Waals surface area contributed by atoms with E-state index in [0.717, 1.165) is 11.3 Å². The minimum Gasteiger partial charge on any atom is -0.497 e. The maximum Gasteiger partial charge on any atom is 0.227 e. The topological polar surface area (TPSA) is 82.4 Å². The lowest BCUT2D eigenvalue weighted by atomic mass is 9.95. The molecule has 0 radical (unpaired) electrons. The Labute approximate surface area is 164 Å². The maximum atomic E-state index is 12.5. The largest absolute Gasteiger partial charge is 0.497 e. The van der Waals surface area contributed by atoms with Gasteiger partial charge in [0.05, 0.1) is 24.8 Å². The predicted molar refractivity (Wildman–Crippen MR) is 106 cm³/mol. The summed E-state index contributed by atoms with van der Waals surface area (Å²) in [4.78, 5) is 26.9. The highest BCUT2D eigenvalue weighted by Crippen LogP contribution is 2.22. The van der Waals surface area contributed by atoms with Gasteiger partial charge in [-0.3, -0.25) is 9.59 Å². The molecule has 1 N–H and O–H groups in total. The molecule has 2 amide bonds. The first-order valence-corrected chi connectivity index (χ1v) is 9.31. The Balaban J connectivity index is 1.51. The van der Waals surface area contributed by atoms with Crippen molar-refractivity contribution in [3.63, 3.8) is 0 Å². The first kappa shape index (κ1) is 19.4. The molecule has 0 unspecified atom stereocenters. The zero-order valence-corrected chi connectivity index (χ0v) is 15.9. The van der Waals surface area contributed by atoms with Gasteiger partial charge in [-0.05, 0) is 42.7 Å². The number of likely N-dealkylation sites (tertiary alicyclic amines) is 1. The number of nitriles is 1. The lowest BCUT2D eigenvalue weighted by Gasteiger charge is -2.31.